The first kappa shape index (κ1) is 15.2. The second kappa shape index (κ2) is 5.48. The Morgan fingerprint density at radius 3 is 2.50 bits per heavy atom. The number of benzene rings is 1. The van der Waals surface area contributed by atoms with Gasteiger partial charge < -0.3 is 15.9 Å². The van der Waals surface area contributed by atoms with Gasteiger partial charge in [-0.1, -0.05) is 13.8 Å². The van der Waals surface area contributed by atoms with E-state index in [0.29, 0.717) is 5.56 Å². The van der Waals surface area contributed by atoms with Crippen LogP contribution in [-0.2, 0) is 0 Å². The van der Waals surface area contributed by atoms with E-state index in [0.717, 1.165) is 6.07 Å². The number of halogens is 2. The molecule has 0 heterocycles. The zero-order valence-electron chi connectivity index (χ0n) is 9.27. The topological polar surface area (TPSA) is 66.5 Å². The van der Waals surface area contributed by atoms with E-state index in [1.54, 1.807) is 13.8 Å². The Morgan fingerprint density at radius 1 is 1.44 bits per heavy atom. The van der Waals surface area contributed by atoms with Crippen LogP contribution in [0, 0.1) is 11.2 Å². The quantitative estimate of drug-likeness (QED) is 0.767. The molecule has 4 N–H and O–H groups in total. The lowest BCUT2D eigenvalue weighted by Crippen LogP contribution is -2.32. The summed E-state index contributed by atoms with van der Waals surface area (Å²) in [5.41, 5.74) is 5.57. The smallest absolute Gasteiger partial charge is 0.123 e. The number of phenolic OH excluding ortho intramolecular Hbond substituents is 1. The predicted molar refractivity (Wildman–Crippen MR) is 63.1 cm³/mol. The molecule has 1 aromatic carbocycles. The van der Waals surface area contributed by atoms with Crippen LogP contribution in [0.25, 0.3) is 0 Å². The van der Waals surface area contributed by atoms with Gasteiger partial charge in [-0.05, 0) is 18.2 Å². The van der Waals surface area contributed by atoms with E-state index in [9.17, 15) is 9.50 Å². The van der Waals surface area contributed by atoms with Crippen molar-refractivity contribution in [1.29, 1.82) is 0 Å². The Kier molecular flexibility index (Phi) is 5.19. The van der Waals surface area contributed by atoms with Crippen molar-refractivity contribution in [2.75, 3.05) is 6.61 Å². The van der Waals surface area contributed by atoms with Crippen molar-refractivity contribution in [3.8, 4) is 5.75 Å². The highest BCUT2D eigenvalue weighted by atomic mass is 35.5. The van der Waals surface area contributed by atoms with Gasteiger partial charge in [-0.25, -0.2) is 4.39 Å². The van der Waals surface area contributed by atoms with Crippen molar-refractivity contribution >= 4 is 12.4 Å². The van der Waals surface area contributed by atoms with Crippen LogP contribution in [0.4, 0.5) is 4.39 Å². The molecule has 0 spiro atoms. The lowest BCUT2D eigenvalue weighted by Gasteiger charge is -2.30. The lowest BCUT2D eigenvalue weighted by molar-refractivity contribution is 0.131. The molecule has 0 aliphatic heterocycles. The van der Waals surface area contributed by atoms with E-state index in [-0.39, 0.29) is 24.8 Å². The first-order valence-corrected chi connectivity index (χ1v) is 4.73. The summed E-state index contributed by atoms with van der Waals surface area (Å²) >= 11 is 0. The molecule has 92 valence electrons. The number of rotatable bonds is 3. The van der Waals surface area contributed by atoms with Crippen molar-refractivity contribution < 1.29 is 14.6 Å². The van der Waals surface area contributed by atoms with Crippen LogP contribution in [0.1, 0.15) is 25.5 Å². The molecule has 0 saturated heterocycles. The average Bonchev–Trinajstić information content (AvgIpc) is 2.20. The highest BCUT2D eigenvalue weighted by molar-refractivity contribution is 5.85. The van der Waals surface area contributed by atoms with E-state index in [4.69, 9.17) is 10.8 Å². The normalized spacial score (nSPS) is 13.1. The van der Waals surface area contributed by atoms with Crippen LogP contribution in [0.2, 0.25) is 0 Å². The van der Waals surface area contributed by atoms with Crippen molar-refractivity contribution in [2.45, 2.75) is 19.9 Å². The molecule has 0 amide bonds. The maximum absolute atomic E-state index is 13.0. The third kappa shape index (κ3) is 3.07. The van der Waals surface area contributed by atoms with Crippen LogP contribution in [-0.4, -0.2) is 16.8 Å². The molecular weight excluding hydrogens is 233 g/mol. The van der Waals surface area contributed by atoms with Gasteiger partial charge in [0.25, 0.3) is 0 Å². The molecule has 0 fully saturated rings. The second-order valence-electron chi connectivity index (χ2n) is 4.33. The summed E-state index contributed by atoms with van der Waals surface area (Å²) in [6.07, 6.45) is 0. The molecule has 0 radical (unpaired) electrons. The lowest BCUT2D eigenvalue weighted by atomic mass is 9.81. The summed E-state index contributed by atoms with van der Waals surface area (Å²) in [6.45, 7) is 3.37. The number of nitrogens with two attached hydrogens (primary N) is 1. The fourth-order valence-electron chi connectivity index (χ4n) is 1.29. The summed E-state index contributed by atoms with van der Waals surface area (Å²) < 4.78 is 13.0. The van der Waals surface area contributed by atoms with E-state index in [1.807, 2.05) is 0 Å². The number of aromatic hydroxyl groups is 1. The Labute approximate surface area is 101 Å². The van der Waals surface area contributed by atoms with Crippen molar-refractivity contribution in [1.82, 2.24) is 0 Å². The largest absolute Gasteiger partial charge is 0.508 e. The molecule has 3 nitrogen and oxygen atoms in total. The molecule has 1 aromatic rings. The van der Waals surface area contributed by atoms with E-state index >= 15 is 0 Å². The molecule has 0 aliphatic rings. The van der Waals surface area contributed by atoms with Crippen LogP contribution >= 0.6 is 12.4 Å². The molecule has 0 saturated carbocycles. The summed E-state index contributed by atoms with van der Waals surface area (Å²) in [7, 11) is 0. The van der Waals surface area contributed by atoms with E-state index < -0.39 is 17.3 Å². The van der Waals surface area contributed by atoms with Gasteiger partial charge in [-0.3, -0.25) is 0 Å². The maximum Gasteiger partial charge on any atom is 0.123 e. The molecule has 1 rings (SSSR count). The summed E-state index contributed by atoms with van der Waals surface area (Å²) in [6, 6.07) is 3.01. The molecule has 0 aromatic heterocycles. The monoisotopic (exact) mass is 249 g/mol. The van der Waals surface area contributed by atoms with Gasteiger partial charge in [-0.15, -0.1) is 12.4 Å². The zero-order valence-corrected chi connectivity index (χ0v) is 10.1. The second-order valence-corrected chi connectivity index (χ2v) is 4.33. The summed E-state index contributed by atoms with van der Waals surface area (Å²) in [4.78, 5) is 0. The molecule has 0 bridgehead atoms. The average molecular weight is 250 g/mol. The predicted octanol–water partition coefficient (Wildman–Crippen LogP) is 1.97. The van der Waals surface area contributed by atoms with Gasteiger partial charge in [0.05, 0.1) is 0 Å². The SMILES string of the molecule is CC(C)(CO)[C@@H](N)c1cc(F)ccc1O.Cl. The first-order valence-electron chi connectivity index (χ1n) is 4.73. The molecule has 0 unspecified atom stereocenters. The van der Waals surface area contributed by atoms with Crippen LogP contribution < -0.4 is 5.73 Å². The number of hydrogen-bond donors (Lipinski definition) is 3. The van der Waals surface area contributed by atoms with Gasteiger partial charge in [-0.2, -0.15) is 0 Å². The minimum Gasteiger partial charge on any atom is -0.508 e. The Morgan fingerprint density at radius 2 is 2.00 bits per heavy atom. The van der Waals surface area contributed by atoms with Gasteiger partial charge >= 0.3 is 0 Å². The zero-order chi connectivity index (χ0) is 11.6. The molecule has 5 heteroatoms. The number of phenols is 1. The maximum atomic E-state index is 13.0. The molecule has 16 heavy (non-hydrogen) atoms. The summed E-state index contributed by atoms with van der Waals surface area (Å²) in [5.74, 6) is -0.502. The highest BCUT2D eigenvalue weighted by Crippen LogP contribution is 2.35. The molecule has 1 atom stereocenters. The molecule has 0 aliphatic carbocycles. The van der Waals surface area contributed by atoms with E-state index in [2.05, 4.69) is 0 Å². The van der Waals surface area contributed by atoms with Gasteiger partial charge in [0.1, 0.15) is 11.6 Å². The van der Waals surface area contributed by atoms with Crippen LogP contribution in [0.15, 0.2) is 18.2 Å². The fourth-order valence-corrected chi connectivity index (χ4v) is 1.29. The van der Waals surface area contributed by atoms with Crippen molar-refractivity contribution in [3.63, 3.8) is 0 Å². The van der Waals surface area contributed by atoms with Crippen LogP contribution in [0.3, 0.4) is 0 Å². The van der Waals surface area contributed by atoms with Gasteiger partial charge in [0, 0.05) is 23.6 Å². The van der Waals surface area contributed by atoms with Crippen molar-refractivity contribution in [2.24, 2.45) is 11.1 Å². The fraction of sp³-hybridized carbons (Fsp3) is 0.455. The third-order valence-electron chi connectivity index (χ3n) is 2.57. The standard InChI is InChI=1S/C11H16FNO2.ClH/c1-11(2,6-14)10(13)8-5-7(12)3-4-9(8)15;/h3-5,10,14-15H,6,13H2,1-2H3;1H/t10-;/m0./s1. The Balaban J connectivity index is 0.00000225. The number of aliphatic hydroxyl groups is 1. The minimum absolute atomic E-state index is 0. The number of hydrogen-bond acceptors (Lipinski definition) is 3. The van der Waals surface area contributed by atoms with Gasteiger partial charge in [0.15, 0.2) is 0 Å². The van der Waals surface area contributed by atoms with Crippen molar-refractivity contribution in [3.05, 3.63) is 29.6 Å². The molecular formula is C11H17ClFNO2. The minimum atomic E-state index is -0.613. The Bertz CT molecular complexity index is 358. The highest BCUT2D eigenvalue weighted by Gasteiger charge is 2.29. The van der Waals surface area contributed by atoms with Gasteiger partial charge in [0.2, 0.25) is 0 Å². The van der Waals surface area contributed by atoms with E-state index in [1.165, 1.54) is 12.1 Å². The van der Waals surface area contributed by atoms with Crippen LogP contribution in [0.5, 0.6) is 5.75 Å². The number of aliphatic hydroxyl groups excluding tert-OH is 1. The summed E-state index contributed by atoms with van der Waals surface area (Å²) in [5, 5.41) is 18.7. The Hall–Kier alpha value is -0.840. The first-order chi connectivity index (χ1) is 6.88. The third-order valence-corrected chi connectivity index (χ3v) is 2.57.